The maximum atomic E-state index is 13.2. The Balaban J connectivity index is 2.46. The third-order valence-electron chi connectivity index (χ3n) is 3.85. The molecule has 1 N–H and O–H groups in total. The first-order valence-electron chi connectivity index (χ1n) is 7.01. The lowest BCUT2D eigenvalue weighted by molar-refractivity contribution is -0.136. The predicted octanol–water partition coefficient (Wildman–Crippen LogP) is 5.04. The van der Waals surface area contributed by atoms with Crippen molar-refractivity contribution >= 4 is 13.9 Å². The van der Waals surface area contributed by atoms with E-state index in [9.17, 15) is 18.3 Å². The molecular weight excluding hydrogens is 308 g/mol. The van der Waals surface area contributed by atoms with E-state index in [0.717, 1.165) is 6.07 Å². The molecular formula is C17H18F3OP. The number of benzene rings is 2. The van der Waals surface area contributed by atoms with Crippen LogP contribution in [0.1, 0.15) is 31.4 Å². The van der Waals surface area contributed by atoms with Crippen LogP contribution in [-0.2, 0) is 11.3 Å². The first-order chi connectivity index (χ1) is 10.3. The highest BCUT2D eigenvalue weighted by molar-refractivity contribution is 7.48. The van der Waals surface area contributed by atoms with Crippen molar-refractivity contribution < 1.29 is 18.3 Å². The fourth-order valence-electron chi connectivity index (χ4n) is 2.42. The van der Waals surface area contributed by atoms with Gasteiger partial charge < -0.3 is 5.11 Å². The third kappa shape index (κ3) is 3.44. The highest BCUT2D eigenvalue weighted by Gasteiger charge is 2.36. The van der Waals surface area contributed by atoms with Gasteiger partial charge in [0.25, 0.3) is 0 Å². The van der Waals surface area contributed by atoms with Gasteiger partial charge in [-0.1, -0.05) is 58.8 Å². The topological polar surface area (TPSA) is 20.2 Å². The van der Waals surface area contributed by atoms with Crippen LogP contribution in [0, 0.1) is 0 Å². The van der Waals surface area contributed by atoms with E-state index in [1.54, 1.807) is 30.3 Å². The predicted molar refractivity (Wildman–Crippen MR) is 85.1 cm³/mol. The molecule has 0 spiro atoms. The molecule has 0 aliphatic rings. The average molecular weight is 326 g/mol. The van der Waals surface area contributed by atoms with E-state index in [4.69, 9.17) is 0 Å². The van der Waals surface area contributed by atoms with Crippen molar-refractivity contribution in [3.8, 4) is 5.75 Å². The van der Waals surface area contributed by atoms with Gasteiger partial charge in [-0.15, -0.1) is 0 Å². The Morgan fingerprint density at radius 1 is 0.955 bits per heavy atom. The summed E-state index contributed by atoms with van der Waals surface area (Å²) in [5.41, 5.74) is 0.0937. The van der Waals surface area contributed by atoms with Crippen molar-refractivity contribution in [1.82, 2.24) is 0 Å². The molecule has 0 aromatic heterocycles. The number of para-hydroxylation sites is 1. The molecule has 0 fully saturated rings. The van der Waals surface area contributed by atoms with Crippen molar-refractivity contribution in [2.24, 2.45) is 0 Å². The van der Waals surface area contributed by atoms with Crippen molar-refractivity contribution in [2.75, 3.05) is 0 Å². The molecule has 5 heteroatoms. The van der Waals surface area contributed by atoms with E-state index in [1.807, 2.05) is 13.8 Å². The van der Waals surface area contributed by atoms with E-state index >= 15 is 0 Å². The van der Waals surface area contributed by atoms with Gasteiger partial charge in [-0.2, -0.15) is 13.2 Å². The minimum absolute atomic E-state index is 0.0853. The van der Waals surface area contributed by atoms with E-state index in [-0.39, 0.29) is 19.6 Å². The maximum Gasteiger partial charge on any atom is 0.417 e. The summed E-state index contributed by atoms with van der Waals surface area (Å²) in [7, 11) is -0.0853. The zero-order chi connectivity index (χ0) is 16.4. The van der Waals surface area contributed by atoms with E-state index < -0.39 is 16.9 Å². The maximum absolute atomic E-state index is 13.2. The number of phenols is 1. The summed E-state index contributed by atoms with van der Waals surface area (Å²) >= 11 is 0. The number of hydrogen-bond donors (Lipinski definition) is 1. The van der Waals surface area contributed by atoms with Gasteiger partial charge in [0.1, 0.15) is 5.75 Å². The highest BCUT2D eigenvalue weighted by Crippen LogP contribution is 2.48. The lowest BCUT2D eigenvalue weighted by Crippen LogP contribution is -2.23. The van der Waals surface area contributed by atoms with Gasteiger partial charge in [0, 0.05) is 10.7 Å². The van der Waals surface area contributed by atoms with Crippen LogP contribution in [0.5, 0.6) is 5.75 Å². The Kier molecular flexibility index (Phi) is 4.81. The van der Waals surface area contributed by atoms with Crippen molar-refractivity contribution in [3.05, 3.63) is 59.7 Å². The van der Waals surface area contributed by atoms with Crippen LogP contribution in [0.2, 0.25) is 0 Å². The number of rotatable bonds is 4. The van der Waals surface area contributed by atoms with Crippen molar-refractivity contribution in [2.45, 2.75) is 31.6 Å². The molecule has 0 radical (unpaired) electrons. The van der Waals surface area contributed by atoms with Crippen LogP contribution in [0.25, 0.3) is 0 Å². The Morgan fingerprint density at radius 3 is 2.05 bits per heavy atom. The summed E-state index contributed by atoms with van der Waals surface area (Å²) < 4.78 is 39.5. The molecule has 0 aliphatic heterocycles. The molecule has 2 aromatic rings. The Hall–Kier alpha value is -1.54. The van der Waals surface area contributed by atoms with Gasteiger partial charge in [0.15, 0.2) is 0 Å². The number of phenolic OH excluding ortho intramolecular Hbond substituents is 1. The first kappa shape index (κ1) is 16.8. The van der Waals surface area contributed by atoms with Crippen LogP contribution in [-0.4, -0.2) is 5.11 Å². The molecule has 0 bridgehead atoms. The van der Waals surface area contributed by atoms with E-state index in [1.165, 1.54) is 12.1 Å². The van der Waals surface area contributed by atoms with Crippen LogP contribution in [0.15, 0.2) is 48.5 Å². The van der Waals surface area contributed by atoms with Crippen molar-refractivity contribution in [1.29, 1.82) is 0 Å². The van der Waals surface area contributed by atoms with Crippen LogP contribution >= 0.6 is 8.58 Å². The molecule has 2 rings (SSSR count). The molecule has 2 unspecified atom stereocenters. The summed E-state index contributed by atoms with van der Waals surface area (Å²) in [4.78, 5) is 0. The van der Waals surface area contributed by atoms with Gasteiger partial charge in [-0.05, 0) is 23.9 Å². The molecule has 0 saturated heterocycles. The quantitative estimate of drug-likeness (QED) is 0.781. The van der Waals surface area contributed by atoms with Gasteiger partial charge in [-0.25, -0.2) is 0 Å². The minimum atomic E-state index is -4.36. The number of aromatic hydroxyl groups is 1. The molecule has 0 amide bonds. The highest BCUT2D eigenvalue weighted by atomic mass is 31.1. The first-order valence-corrected chi connectivity index (χ1v) is 8.01. The molecule has 0 saturated carbocycles. The van der Waals surface area contributed by atoms with Crippen LogP contribution in [0.4, 0.5) is 13.2 Å². The van der Waals surface area contributed by atoms with Crippen LogP contribution in [0.3, 0.4) is 0 Å². The SMILES string of the molecule is CCC(C)(Pc1ccccc1C(F)(F)F)c1ccccc1O. The molecule has 118 valence electrons. The zero-order valence-electron chi connectivity index (χ0n) is 12.4. The van der Waals surface area contributed by atoms with Gasteiger partial charge in [-0.3, -0.25) is 0 Å². The Labute approximate surface area is 130 Å². The molecule has 2 aromatic carbocycles. The summed E-state index contributed by atoms with van der Waals surface area (Å²) in [5.74, 6) is 0.129. The van der Waals surface area contributed by atoms with Gasteiger partial charge in [0.2, 0.25) is 0 Å². The molecule has 2 atom stereocenters. The Morgan fingerprint density at radius 2 is 1.50 bits per heavy atom. The minimum Gasteiger partial charge on any atom is -0.508 e. The fourth-order valence-corrected chi connectivity index (χ4v) is 4.08. The van der Waals surface area contributed by atoms with Crippen LogP contribution < -0.4 is 5.30 Å². The third-order valence-corrected chi connectivity index (χ3v) is 5.73. The zero-order valence-corrected chi connectivity index (χ0v) is 13.4. The number of alkyl halides is 3. The lowest BCUT2D eigenvalue weighted by Gasteiger charge is -2.31. The van der Waals surface area contributed by atoms with E-state index in [2.05, 4.69) is 0 Å². The van der Waals surface area contributed by atoms with Gasteiger partial charge in [0.05, 0.1) is 5.56 Å². The smallest absolute Gasteiger partial charge is 0.417 e. The van der Waals surface area contributed by atoms with Gasteiger partial charge >= 0.3 is 6.18 Å². The van der Waals surface area contributed by atoms with E-state index in [0.29, 0.717) is 12.0 Å². The molecule has 0 aliphatic carbocycles. The summed E-state index contributed by atoms with van der Waals surface area (Å²) in [6.07, 6.45) is -3.73. The molecule has 22 heavy (non-hydrogen) atoms. The second-order valence-corrected chi connectivity index (χ2v) is 7.26. The number of halogens is 3. The summed E-state index contributed by atoms with van der Waals surface area (Å²) in [5, 5.41) is 9.81. The monoisotopic (exact) mass is 326 g/mol. The fraction of sp³-hybridized carbons (Fsp3) is 0.294. The second kappa shape index (κ2) is 6.29. The Bertz CT molecular complexity index is 654. The second-order valence-electron chi connectivity index (χ2n) is 5.37. The normalized spacial score (nSPS) is 15.1. The summed E-state index contributed by atoms with van der Waals surface area (Å²) in [6, 6.07) is 12.5. The standard InChI is InChI=1S/C17H18F3OP/c1-3-16(2,12-8-4-6-10-14(12)21)22-15-11-7-5-9-13(15)17(18,19)20/h4-11,21-22H,3H2,1-2H3. The summed E-state index contributed by atoms with van der Waals surface area (Å²) in [6.45, 7) is 3.82. The number of hydrogen-bond acceptors (Lipinski definition) is 1. The molecule has 0 heterocycles. The van der Waals surface area contributed by atoms with Crippen molar-refractivity contribution in [3.63, 3.8) is 0 Å². The molecule has 1 nitrogen and oxygen atoms in total. The lowest BCUT2D eigenvalue weighted by atomic mass is 9.96. The largest absolute Gasteiger partial charge is 0.508 e. The average Bonchev–Trinajstić information content (AvgIpc) is 2.47.